The first-order valence-electron chi connectivity index (χ1n) is 7.76. The predicted octanol–water partition coefficient (Wildman–Crippen LogP) is 0.261. The van der Waals surface area contributed by atoms with Gasteiger partial charge in [0.15, 0.2) is 0 Å². The van der Waals surface area contributed by atoms with E-state index in [-0.39, 0.29) is 42.6 Å². The number of ether oxygens (including phenoxy) is 1. The number of carbonyl (C=O) groups excluding carboxylic acids is 1. The Labute approximate surface area is 156 Å². The SMILES string of the molecule is COCCN(C)CCNC(=O)[C@H]1CNC[C@@H]1c1cnn(C)c1.Cl.Cl. The van der Waals surface area contributed by atoms with E-state index in [0.29, 0.717) is 13.2 Å². The first-order chi connectivity index (χ1) is 10.6. The summed E-state index contributed by atoms with van der Waals surface area (Å²) in [5.74, 6) is 0.312. The minimum Gasteiger partial charge on any atom is -0.383 e. The first-order valence-corrected chi connectivity index (χ1v) is 7.76. The van der Waals surface area contributed by atoms with Gasteiger partial charge in [-0.05, 0) is 12.6 Å². The summed E-state index contributed by atoms with van der Waals surface area (Å²) < 4.78 is 6.83. The molecule has 1 amide bonds. The van der Waals surface area contributed by atoms with E-state index >= 15 is 0 Å². The number of aromatic nitrogens is 2. The largest absolute Gasteiger partial charge is 0.383 e. The molecular weight excluding hydrogens is 353 g/mol. The van der Waals surface area contributed by atoms with Crippen molar-refractivity contribution < 1.29 is 9.53 Å². The van der Waals surface area contributed by atoms with Gasteiger partial charge in [0.1, 0.15) is 0 Å². The number of rotatable bonds is 8. The zero-order valence-electron chi connectivity index (χ0n) is 14.5. The van der Waals surface area contributed by atoms with Gasteiger partial charge in [0.05, 0.1) is 18.7 Å². The highest BCUT2D eigenvalue weighted by molar-refractivity contribution is 5.85. The topological polar surface area (TPSA) is 71.4 Å². The fourth-order valence-corrected chi connectivity index (χ4v) is 2.80. The van der Waals surface area contributed by atoms with E-state index in [1.807, 2.05) is 26.5 Å². The summed E-state index contributed by atoms with van der Waals surface area (Å²) in [6.07, 6.45) is 3.85. The Morgan fingerprint density at radius 2 is 2.21 bits per heavy atom. The number of likely N-dealkylation sites (N-methyl/N-ethyl adjacent to an activating group) is 1. The van der Waals surface area contributed by atoms with Crippen molar-refractivity contribution in [1.82, 2.24) is 25.3 Å². The fraction of sp³-hybridized carbons (Fsp3) is 0.733. The molecule has 0 spiro atoms. The highest BCUT2D eigenvalue weighted by Crippen LogP contribution is 2.27. The summed E-state index contributed by atoms with van der Waals surface area (Å²) in [5, 5.41) is 10.6. The molecule has 0 radical (unpaired) electrons. The molecule has 2 heterocycles. The summed E-state index contributed by atoms with van der Waals surface area (Å²) in [6.45, 7) is 4.63. The van der Waals surface area contributed by atoms with Crippen molar-refractivity contribution >= 4 is 30.7 Å². The van der Waals surface area contributed by atoms with Crippen LogP contribution in [-0.4, -0.2) is 74.1 Å². The zero-order chi connectivity index (χ0) is 15.9. The van der Waals surface area contributed by atoms with Crippen LogP contribution in [0.3, 0.4) is 0 Å². The number of halogens is 2. The molecule has 1 aromatic rings. The Kier molecular flexibility index (Phi) is 11.2. The standard InChI is InChI=1S/C15H27N5O2.2ClH/c1-19(6-7-22-3)5-4-17-15(21)14-10-16-9-13(14)12-8-18-20(2)11-12;;/h8,11,13-14,16H,4-7,9-10H2,1-3H3,(H,17,21);2*1H/t13-,14+;;/m1../s1. The van der Waals surface area contributed by atoms with Crippen molar-refractivity contribution in [3.8, 4) is 0 Å². The number of hydrogen-bond acceptors (Lipinski definition) is 5. The van der Waals surface area contributed by atoms with Gasteiger partial charge in [-0.15, -0.1) is 24.8 Å². The van der Waals surface area contributed by atoms with Gasteiger partial charge in [-0.25, -0.2) is 0 Å². The number of amides is 1. The zero-order valence-corrected chi connectivity index (χ0v) is 16.2. The van der Waals surface area contributed by atoms with Crippen molar-refractivity contribution in [2.75, 3.05) is 53.5 Å². The third-order valence-corrected chi connectivity index (χ3v) is 4.17. The van der Waals surface area contributed by atoms with E-state index in [1.54, 1.807) is 11.8 Å². The Morgan fingerprint density at radius 1 is 1.46 bits per heavy atom. The van der Waals surface area contributed by atoms with E-state index in [1.165, 1.54) is 0 Å². The van der Waals surface area contributed by atoms with Gasteiger partial charge in [0.2, 0.25) is 5.91 Å². The summed E-state index contributed by atoms with van der Waals surface area (Å²) in [4.78, 5) is 14.6. The van der Waals surface area contributed by atoms with E-state index in [9.17, 15) is 4.79 Å². The molecule has 24 heavy (non-hydrogen) atoms. The molecule has 0 unspecified atom stereocenters. The number of aryl methyl sites for hydroxylation is 1. The molecule has 140 valence electrons. The van der Waals surface area contributed by atoms with Crippen LogP contribution in [0.5, 0.6) is 0 Å². The number of carbonyl (C=O) groups is 1. The summed E-state index contributed by atoms with van der Waals surface area (Å²) in [7, 11) is 5.62. The second-order valence-corrected chi connectivity index (χ2v) is 5.91. The maximum Gasteiger partial charge on any atom is 0.225 e. The molecule has 1 aromatic heterocycles. The molecule has 1 saturated heterocycles. The highest BCUT2D eigenvalue weighted by Gasteiger charge is 2.34. The molecule has 2 N–H and O–H groups in total. The van der Waals surface area contributed by atoms with Gasteiger partial charge >= 0.3 is 0 Å². The van der Waals surface area contributed by atoms with Crippen LogP contribution in [0.2, 0.25) is 0 Å². The van der Waals surface area contributed by atoms with Crippen molar-refractivity contribution in [3.05, 3.63) is 18.0 Å². The summed E-state index contributed by atoms with van der Waals surface area (Å²) in [5.41, 5.74) is 1.13. The molecule has 7 nitrogen and oxygen atoms in total. The third kappa shape index (κ3) is 6.57. The Balaban J connectivity index is 0.00000264. The molecular formula is C15H29Cl2N5O2. The Hall–Kier alpha value is -0.860. The molecule has 9 heteroatoms. The second kappa shape index (κ2) is 11.7. The van der Waals surface area contributed by atoms with Crippen LogP contribution < -0.4 is 10.6 Å². The van der Waals surface area contributed by atoms with Crippen LogP contribution in [0, 0.1) is 5.92 Å². The van der Waals surface area contributed by atoms with Gasteiger partial charge in [0, 0.05) is 59.0 Å². The third-order valence-electron chi connectivity index (χ3n) is 4.17. The first kappa shape index (κ1) is 23.1. The normalized spacial score (nSPS) is 19.7. The summed E-state index contributed by atoms with van der Waals surface area (Å²) >= 11 is 0. The average molecular weight is 382 g/mol. The second-order valence-electron chi connectivity index (χ2n) is 5.91. The lowest BCUT2D eigenvalue weighted by Gasteiger charge is -2.19. The molecule has 0 bridgehead atoms. The number of nitrogens with zero attached hydrogens (tertiary/aromatic N) is 3. The van der Waals surface area contributed by atoms with Gasteiger partial charge < -0.3 is 20.3 Å². The summed E-state index contributed by atoms with van der Waals surface area (Å²) in [6, 6.07) is 0. The van der Waals surface area contributed by atoms with Crippen molar-refractivity contribution in [2.24, 2.45) is 13.0 Å². The lowest BCUT2D eigenvalue weighted by atomic mass is 9.90. The van der Waals surface area contributed by atoms with Crippen LogP contribution in [0.15, 0.2) is 12.4 Å². The lowest BCUT2D eigenvalue weighted by molar-refractivity contribution is -0.124. The molecule has 0 aromatic carbocycles. The lowest BCUT2D eigenvalue weighted by Crippen LogP contribution is -2.39. The van der Waals surface area contributed by atoms with Crippen LogP contribution in [0.25, 0.3) is 0 Å². The maximum atomic E-state index is 12.4. The van der Waals surface area contributed by atoms with Gasteiger partial charge in [-0.1, -0.05) is 0 Å². The van der Waals surface area contributed by atoms with Gasteiger partial charge in [-0.2, -0.15) is 5.10 Å². The van der Waals surface area contributed by atoms with Crippen molar-refractivity contribution in [1.29, 1.82) is 0 Å². The monoisotopic (exact) mass is 381 g/mol. The molecule has 0 saturated carbocycles. The molecule has 0 aliphatic carbocycles. The number of hydrogen-bond donors (Lipinski definition) is 2. The van der Waals surface area contributed by atoms with E-state index in [2.05, 4.69) is 20.6 Å². The number of methoxy groups -OCH3 is 1. The van der Waals surface area contributed by atoms with Crippen LogP contribution >= 0.6 is 24.8 Å². The number of nitrogens with one attached hydrogen (secondary N) is 2. The van der Waals surface area contributed by atoms with Crippen molar-refractivity contribution in [2.45, 2.75) is 5.92 Å². The molecule has 1 fully saturated rings. The fourth-order valence-electron chi connectivity index (χ4n) is 2.80. The minimum atomic E-state index is -0.0199. The average Bonchev–Trinajstić information content (AvgIpc) is 3.13. The molecule has 2 rings (SSSR count). The predicted molar refractivity (Wildman–Crippen MR) is 99.2 cm³/mol. The quantitative estimate of drug-likeness (QED) is 0.675. The Bertz CT molecular complexity index is 486. The molecule has 1 aliphatic rings. The van der Waals surface area contributed by atoms with Gasteiger partial charge in [-0.3, -0.25) is 9.48 Å². The molecule has 1 aliphatic heterocycles. The smallest absolute Gasteiger partial charge is 0.225 e. The molecule has 2 atom stereocenters. The van der Waals surface area contributed by atoms with E-state index < -0.39 is 0 Å². The van der Waals surface area contributed by atoms with Gasteiger partial charge in [0.25, 0.3) is 0 Å². The Morgan fingerprint density at radius 3 is 2.83 bits per heavy atom. The maximum absolute atomic E-state index is 12.4. The van der Waals surface area contributed by atoms with E-state index in [4.69, 9.17) is 4.74 Å². The highest BCUT2D eigenvalue weighted by atomic mass is 35.5. The van der Waals surface area contributed by atoms with E-state index in [0.717, 1.165) is 31.7 Å². The van der Waals surface area contributed by atoms with Crippen molar-refractivity contribution in [3.63, 3.8) is 0 Å². The van der Waals surface area contributed by atoms with Crippen LogP contribution in [-0.2, 0) is 16.6 Å². The van der Waals surface area contributed by atoms with Crippen LogP contribution in [0.4, 0.5) is 0 Å². The minimum absolute atomic E-state index is 0. The van der Waals surface area contributed by atoms with Crippen LogP contribution in [0.1, 0.15) is 11.5 Å².